The van der Waals surface area contributed by atoms with Crippen molar-refractivity contribution < 1.29 is 4.79 Å². The summed E-state index contributed by atoms with van der Waals surface area (Å²) in [6, 6.07) is -0.253. The molecule has 0 aliphatic heterocycles. The lowest BCUT2D eigenvalue weighted by Crippen LogP contribution is -2.45. The molecule has 0 rings (SSSR count). The predicted octanol–water partition coefficient (Wildman–Crippen LogP) is 2.43. The second-order valence-corrected chi connectivity index (χ2v) is 4.37. The topological polar surface area (TPSA) is 53.5 Å². The first-order chi connectivity index (χ1) is 6.89. The van der Waals surface area contributed by atoms with Crippen LogP contribution in [0.25, 0.3) is 0 Å². The Bertz CT molecular complexity index is 251. The number of hydrogen-bond donors (Lipinski definition) is 2. The van der Waals surface area contributed by atoms with E-state index in [-0.39, 0.29) is 11.6 Å². The van der Waals surface area contributed by atoms with Crippen molar-refractivity contribution in [3.8, 4) is 0 Å². The monoisotopic (exact) mass is 211 g/mol. The molecule has 15 heavy (non-hydrogen) atoms. The Hall–Kier alpha value is -1.32. The van der Waals surface area contributed by atoms with Crippen LogP contribution in [0, 0.1) is 0 Å². The molecule has 0 saturated carbocycles. The van der Waals surface area contributed by atoms with Crippen molar-refractivity contribution in [3.05, 3.63) is 11.9 Å². The molecule has 0 radical (unpaired) electrons. The number of carbonyl (C=O) groups excluding carboxylic acids is 1. The third-order valence-electron chi connectivity index (χ3n) is 1.53. The Kier molecular flexibility index (Phi) is 5.67. The summed E-state index contributed by atoms with van der Waals surface area (Å²) in [4.78, 5) is 15.2. The molecule has 86 valence electrons. The zero-order valence-electron chi connectivity index (χ0n) is 10.1. The number of unbranched alkanes of at least 4 members (excludes halogenated alkanes) is 1. The molecule has 4 nitrogen and oxygen atoms in total. The van der Waals surface area contributed by atoms with Gasteiger partial charge in [-0.1, -0.05) is 13.3 Å². The standard InChI is InChI=1S/C11H21N3O/c1-6-7-8-9(12-5)13-10(15)14-11(2,3)4/h8H,5-7H2,1-4H3,(H2,13,14,15)/b9-8+. The van der Waals surface area contributed by atoms with E-state index in [0.717, 1.165) is 12.8 Å². The van der Waals surface area contributed by atoms with E-state index in [0.29, 0.717) is 5.82 Å². The van der Waals surface area contributed by atoms with Crippen LogP contribution in [0.3, 0.4) is 0 Å². The molecule has 0 saturated heterocycles. The smallest absolute Gasteiger partial charge is 0.320 e. The average Bonchev–Trinajstić information content (AvgIpc) is 2.09. The van der Waals surface area contributed by atoms with Crippen molar-refractivity contribution in [2.75, 3.05) is 0 Å². The van der Waals surface area contributed by atoms with Gasteiger partial charge in [-0.2, -0.15) is 0 Å². The number of amides is 2. The predicted molar refractivity (Wildman–Crippen MR) is 64.0 cm³/mol. The van der Waals surface area contributed by atoms with Gasteiger partial charge in [0, 0.05) is 5.54 Å². The van der Waals surface area contributed by atoms with Gasteiger partial charge in [0.2, 0.25) is 0 Å². The molecule has 0 spiro atoms. The molecule has 2 amide bonds. The van der Waals surface area contributed by atoms with Crippen LogP contribution in [-0.2, 0) is 0 Å². The largest absolute Gasteiger partial charge is 0.333 e. The van der Waals surface area contributed by atoms with E-state index in [1.165, 1.54) is 0 Å². The van der Waals surface area contributed by atoms with Gasteiger partial charge >= 0.3 is 6.03 Å². The Morgan fingerprint density at radius 1 is 1.47 bits per heavy atom. The van der Waals surface area contributed by atoms with Crippen molar-refractivity contribution in [3.63, 3.8) is 0 Å². The molecule has 0 fully saturated rings. The van der Waals surface area contributed by atoms with Crippen molar-refractivity contribution >= 4 is 12.7 Å². The number of aliphatic imine (C=N–C) groups is 1. The van der Waals surface area contributed by atoms with E-state index in [1.54, 1.807) is 0 Å². The van der Waals surface area contributed by atoms with Crippen molar-refractivity contribution in [2.45, 2.75) is 46.1 Å². The third kappa shape index (κ3) is 7.73. The molecule has 0 aromatic rings. The van der Waals surface area contributed by atoms with Crippen LogP contribution in [0.1, 0.15) is 40.5 Å². The van der Waals surface area contributed by atoms with E-state index in [9.17, 15) is 4.79 Å². The summed E-state index contributed by atoms with van der Waals surface area (Å²) in [5, 5.41) is 5.42. The van der Waals surface area contributed by atoms with Gasteiger partial charge in [0.25, 0.3) is 0 Å². The molecule has 2 N–H and O–H groups in total. The number of nitrogens with zero attached hydrogens (tertiary/aromatic N) is 1. The van der Waals surface area contributed by atoms with Gasteiger partial charge < -0.3 is 5.32 Å². The number of hydrogen-bond acceptors (Lipinski definition) is 2. The zero-order chi connectivity index (χ0) is 11.9. The zero-order valence-corrected chi connectivity index (χ0v) is 10.1. The highest BCUT2D eigenvalue weighted by atomic mass is 16.2. The molecular weight excluding hydrogens is 190 g/mol. The van der Waals surface area contributed by atoms with Crippen LogP contribution in [0.15, 0.2) is 16.9 Å². The van der Waals surface area contributed by atoms with Crippen molar-refractivity contribution in [2.24, 2.45) is 4.99 Å². The van der Waals surface area contributed by atoms with Crippen LogP contribution in [0.2, 0.25) is 0 Å². The minimum atomic E-state index is -0.253. The van der Waals surface area contributed by atoms with Crippen LogP contribution in [0.5, 0.6) is 0 Å². The summed E-state index contributed by atoms with van der Waals surface area (Å²) in [6.45, 7) is 11.2. The van der Waals surface area contributed by atoms with Gasteiger partial charge in [0.1, 0.15) is 5.82 Å². The van der Waals surface area contributed by atoms with Crippen LogP contribution >= 0.6 is 0 Å². The average molecular weight is 211 g/mol. The maximum Gasteiger partial charge on any atom is 0.320 e. The van der Waals surface area contributed by atoms with Crippen LogP contribution in [-0.4, -0.2) is 18.3 Å². The number of allylic oxidation sites excluding steroid dienone is 1. The van der Waals surface area contributed by atoms with E-state index >= 15 is 0 Å². The van der Waals surface area contributed by atoms with Crippen LogP contribution in [0.4, 0.5) is 4.79 Å². The second kappa shape index (κ2) is 6.22. The lowest BCUT2D eigenvalue weighted by molar-refractivity contribution is 0.234. The first-order valence-electron chi connectivity index (χ1n) is 5.15. The third-order valence-corrected chi connectivity index (χ3v) is 1.53. The van der Waals surface area contributed by atoms with Gasteiger partial charge in [0.05, 0.1) is 0 Å². The van der Waals surface area contributed by atoms with E-state index < -0.39 is 0 Å². The lowest BCUT2D eigenvalue weighted by Gasteiger charge is -2.20. The normalized spacial score (nSPS) is 12.1. The number of carbonyl (C=O) groups is 1. The molecule has 4 heteroatoms. The number of urea groups is 1. The van der Waals surface area contributed by atoms with Crippen molar-refractivity contribution in [1.29, 1.82) is 0 Å². The highest BCUT2D eigenvalue weighted by molar-refractivity contribution is 5.76. The van der Waals surface area contributed by atoms with Crippen molar-refractivity contribution in [1.82, 2.24) is 10.6 Å². The Balaban J connectivity index is 4.19. The fourth-order valence-electron chi connectivity index (χ4n) is 0.924. The van der Waals surface area contributed by atoms with Gasteiger partial charge in [-0.15, -0.1) is 0 Å². The molecule has 0 unspecified atom stereocenters. The fraction of sp³-hybridized carbons (Fsp3) is 0.636. The number of rotatable bonds is 4. The van der Waals surface area contributed by atoms with Crippen LogP contribution < -0.4 is 10.6 Å². The molecular formula is C11H21N3O. The van der Waals surface area contributed by atoms with Gasteiger partial charge in [-0.3, -0.25) is 5.32 Å². The summed E-state index contributed by atoms with van der Waals surface area (Å²) in [5.41, 5.74) is -0.249. The van der Waals surface area contributed by atoms with E-state index in [2.05, 4.69) is 29.3 Å². The van der Waals surface area contributed by atoms with Gasteiger partial charge in [0.15, 0.2) is 0 Å². The Morgan fingerprint density at radius 2 is 2.07 bits per heavy atom. The minimum absolute atomic E-state index is 0.249. The summed E-state index contributed by atoms with van der Waals surface area (Å²) < 4.78 is 0. The Morgan fingerprint density at radius 3 is 2.47 bits per heavy atom. The summed E-state index contributed by atoms with van der Waals surface area (Å²) in [5.74, 6) is 0.513. The maximum absolute atomic E-state index is 11.4. The molecule has 0 aromatic carbocycles. The summed E-state index contributed by atoms with van der Waals surface area (Å²) in [6.07, 6.45) is 3.75. The second-order valence-electron chi connectivity index (χ2n) is 4.37. The SMILES string of the molecule is C=N/C(=C\CCC)NC(=O)NC(C)(C)C. The molecule has 0 bridgehead atoms. The van der Waals surface area contributed by atoms with E-state index in [1.807, 2.05) is 26.8 Å². The maximum atomic E-state index is 11.4. The molecule has 0 aromatic heterocycles. The Labute approximate surface area is 91.9 Å². The molecule has 0 aliphatic carbocycles. The lowest BCUT2D eigenvalue weighted by atomic mass is 10.1. The quantitative estimate of drug-likeness (QED) is 0.689. The molecule has 0 aliphatic rings. The first kappa shape index (κ1) is 13.7. The highest BCUT2D eigenvalue weighted by Gasteiger charge is 2.13. The van der Waals surface area contributed by atoms with Gasteiger partial charge in [-0.05, 0) is 40.0 Å². The minimum Gasteiger partial charge on any atom is -0.333 e. The fourth-order valence-corrected chi connectivity index (χ4v) is 0.924. The first-order valence-corrected chi connectivity index (χ1v) is 5.15. The number of nitrogens with one attached hydrogen (secondary N) is 2. The summed E-state index contributed by atoms with van der Waals surface area (Å²) in [7, 11) is 0. The summed E-state index contributed by atoms with van der Waals surface area (Å²) >= 11 is 0. The van der Waals surface area contributed by atoms with E-state index in [4.69, 9.17) is 0 Å². The molecule has 0 atom stereocenters. The highest BCUT2D eigenvalue weighted by Crippen LogP contribution is 2.00. The van der Waals surface area contributed by atoms with Gasteiger partial charge in [-0.25, -0.2) is 9.79 Å². The molecule has 0 heterocycles.